The van der Waals surface area contributed by atoms with Crippen molar-refractivity contribution in [2.45, 2.75) is 12.8 Å². The molecule has 4 N–H and O–H groups in total. The molecule has 1 aliphatic heterocycles. The average Bonchev–Trinajstić information content (AvgIpc) is 2.48. The largest absolute Gasteiger partial charge is 0.492 e. The van der Waals surface area contributed by atoms with Gasteiger partial charge in [0.15, 0.2) is 0 Å². The molecule has 1 aromatic carbocycles. The lowest BCUT2D eigenvalue weighted by Crippen LogP contribution is -2.40. The zero-order valence-electron chi connectivity index (χ0n) is 12.0. The zero-order valence-corrected chi connectivity index (χ0v) is 12.8. The number of nitrogens with two attached hydrogens (primary N) is 2. The van der Waals surface area contributed by atoms with Gasteiger partial charge in [0.05, 0.1) is 0 Å². The molecule has 2 rings (SSSR count). The lowest BCUT2D eigenvalue weighted by molar-refractivity contribution is -0.123. The van der Waals surface area contributed by atoms with Crippen LogP contribution in [0.15, 0.2) is 24.3 Å². The number of amides is 1. The quantitative estimate of drug-likeness (QED) is 0.763. The second-order valence-corrected chi connectivity index (χ2v) is 5.70. The number of rotatable bonds is 6. The van der Waals surface area contributed by atoms with Crippen LogP contribution in [-0.2, 0) is 4.79 Å². The van der Waals surface area contributed by atoms with Crippen LogP contribution < -0.4 is 16.2 Å². The Morgan fingerprint density at radius 3 is 2.67 bits per heavy atom. The maximum atomic E-state index is 11.1. The summed E-state index contributed by atoms with van der Waals surface area (Å²) in [6, 6.07) is 7.48. The second kappa shape index (κ2) is 7.38. The van der Waals surface area contributed by atoms with Crippen molar-refractivity contribution in [3.63, 3.8) is 0 Å². The van der Waals surface area contributed by atoms with Crippen molar-refractivity contribution in [2.24, 2.45) is 17.4 Å². The number of likely N-dealkylation sites (tertiary alicyclic amines) is 1. The highest BCUT2D eigenvalue weighted by molar-refractivity contribution is 7.80. The van der Waals surface area contributed by atoms with E-state index in [4.69, 9.17) is 28.4 Å². The summed E-state index contributed by atoms with van der Waals surface area (Å²) >= 11 is 4.94. The molecule has 0 radical (unpaired) electrons. The number of hydrogen-bond donors (Lipinski definition) is 2. The normalized spacial score (nSPS) is 16.6. The fourth-order valence-electron chi connectivity index (χ4n) is 2.47. The van der Waals surface area contributed by atoms with E-state index in [1.807, 2.05) is 24.3 Å². The van der Waals surface area contributed by atoms with Crippen molar-refractivity contribution in [2.75, 3.05) is 26.2 Å². The summed E-state index contributed by atoms with van der Waals surface area (Å²) in [6.07, 6.45) is 1.68. The minimum atomic E-state index is -0.180. The van der Waals surface area contributed by atoms with E-state index < -0.39 is 0 Å². The predicted octanol–water partition coefficient (Wildman–Crippen LogP) is 0.897. The third kappa shape index (κ3) is 4.68. The van der Waals surface area contributed by atoms with E-state index in [1.165, 1.54) is 0 Å². The van der Waals surface area contributed by atoms with Crippen LogP contribution in [-0.4, -0.2) is 42.0 Å². The summed E-state index contributed by atoms with van der Waals surface area (Å²) in [5, 5.41) is 0. The third-order valence-electron chi connectivity index (χ3n) is 3.78. The van der Waals surface area contributed by atoms with Gasteiger partial charge >= 0.3 is 0 Å². The Labute approximate surface area is 130 Å². The van der Waals surface area contributed by atoms with Gasteiger partial charge in [-0.15, -0.1) is 0 Å². The van der Waals surface area contributed by atoms with E-state index in [0.29, 0.717) is 11.6 Å². The van der Waals surface area contributed by atoms with Gasteiger partial charge in [-0.05, 0) is 38.1 Å². The van der Waals surface area contributed by atoms with Crippen molar-refractivity contribution in [1.82, 2.24) is 4.90 Å². The van der Waals surface area contributed by atoms with Crippen LogP contribution in [0.1, 0.15) is 18.4 Å². The van der Waals surface area contributed by atoms with Crippen molar-refractivity contribution in [3.05, 3.63) is 29.8 Å². The molecule has 1 fully saturated rings. The third-order valence-corrected chi connectivity index (χ3v) is 4.02. The van der Waals surface area contributed by atoms with Crippen LogP contribution in [0.4, 0.5) is 0 Å². The molecule has 0 aromatic heterocycles. The summed E-state index contributed by atoms with van der Waals surface area (Å²) in [5.74, 6) is 0.622. The Kier molecular flexibility index (Phi) is 5.52. The van der Waals surface area contributed by atoms with E-state index in [2.05, 4.69) is 4.90 Å². The van der Waals surface area contributed by atoms with Gasteiger partial charge in [-0.3, -0.25) is 9.69 Å². The summed E-state index contributed by atoms with van der Waals surface area (Å²) in [7, 11) is 0. The number of primary amides is 1. The van der Waals surface area contributed by atoms with E-state index >= 15 is 0 Å². The molecule has 0 bridgehead atoms. The van der Waals surface area contributed by atoms with Gasteiger partial charge in [0.1, 0.15) is 17.3 Å². The van der Waals surface area contributed by atoms with Crippen molar-refractivity contribution in [3.8, 4) is 5.75 Å². The fourth-order valence-corrected chi connectivity index (χ4v) is 2.60. The van der Waals surface area contributed by atoms with Crippen molar-refractivity contribution >= 4 is 23.1 Å². The molecule has 21 heavy (non-hydrogen) atoms. The summed E-state index contributed by atoms with van der Waals surface area (Å²) < 4.78 is 5.73. The molecule has 1 aromatic rings. The first-order valence-corrected chi connectivity index (χ1v) is 7.51. The number of nitrogens with zero attached hydrogens (tertiary/aromatic N) is 1. The fraction of sp³-hybridized carbons (Fsp3) is 0.467. The van der Waals surface area contributed by atoms with Crippen LogP contribution in [0.2, 0.25) is 0 Å². The van der Waals surface area contributed by atoms with Crippen LogP contribution >= 0.6 is 12.2 Å². The van der Waals surface area contributed by atoms with Gasteiger partial charge in [-0.25, -0.2) is 0 Å². The monoisotopic (exact) mass is 307 g/mol. The predicted molar refractivity (Wildman–Crippen MR) is 86.2 cm³/mol. The number of thiocarbonyl (C=S) groups is 1. The Hall–Kier alpha value is -1.66. The Morgan fingerprint density at radius 2 is 2.05 bits per heavy atom. The van der Waals surface area contributed by atoms with Gasteiger partial charge in [-0.1, -0.05) is 24.4 Å². The number of hydrogen-bond acceptors (Lipinski definition) is 4. The van der Waals surface area contributed by atoms with Crippen LogP contribution in [0.3, 0.4) is 0 Å². The minimum absolute atomic E-state index is 0.0319. The molecule has 0 unspecified atom stereocenters. The molecule has 5 nitrogen and oxygen atoms in total. The first kappa shape index (κ1) is 15.7. The summed E-state index contributed by atoms with van der Waals surface area (Å²) in [6.45, 7) is 3.22. The van der Waals surface area contributed by atoms with Crippen molar-refractivity contribution in [1.29, 1.82) is 0 Å². The molecule has 1 aliphatic rings. The first-order valence-electron chi connectivity index (χ1n) is 7.10. The van der Waals surface area contributed by atoms with Gasteiger partial charge in [0.2, 0.25) is 5.91 Å². The lowest BCUT2D eigenvalue weighted by atomic mass is 9.96. The molecule has 0 atom stereocenters. The lowest BCUT2D eigenvalue weighted by Gasteiger charge is -2.30. The topological polar surface area (TPSA) is 81.6 Å². The standard InChI is InChI=1S/C15H21N3O2S/c16-14(19)11-4-6-18(7-5-11)8-9-20-13-3-1-2-12(10-13)15(17)21/h1-3,10-11H,4-9H2,(H2,16,19)(H2,17,21). The molecule has 0 spiro atoms. The number of ether oxygens (including phenoxy) is 1. The number of benzene rings is 1. The van der Waals surface area contributed by atoms with Gasteiger partial charge < -0.3 is 16.2 Å². The molecular formula is C15H21N3O2S. The highest BCUT2D eigenvalue weighted by Gasteiger charge is 2.22. The number of piperidine rings is 1. The average molecular weight is 307 g/mol. The summed E-state index contributed by atoms with van der Waals surface area (Å²) in [4.78, 5) is 13.8. The summed E-state index contributed by atoms with van der Waals surface area (Å²) in [5.41, 5.74) is 11.7. The maximum absolute atomic E-state index is 11.1. The van der Waals surface area contributed by atoms with Gasteiger partial charge in [0.25, 0.3) is 0 Å². The molecule has 114 valence electrons. The second-order valence-electron chi connectivity index (χ2n) is 5.26. The minimum Gasteiger partial charge on any atom is -0.492 e. The zero-order chi connectivity index (χ0) is 15.2. The Balaban J connectivity index is 1.74. The smallest absolute Gasteiger partial charge is 0.220 e. The molecule has 1 heterocycles. The Bertz CT molecular complexity index is 513. The van der Waals surface area contributed by atoms with Gasteiger partial charge in [-0.2, -0.15) is 0 Å². The van der Waals surface area contributed by atoms with Crippen molar-refractivity contribution < 1.29 is 9.53 Å². The molecule has 0 saturated carbocycles. The first-order chi connectivity index (χ1) is 10.1. The van der Waals surface area contributed by atoms with E-state index in [0.717, 1.165) is 43.8 Å². The highest BCUT2D eigenvalue weighted by atomic mass is 32.1. The molecule has 1 amide bonds. The van der Waals surface area contributed by atoms with Crippen LogP contribution in [0, 0.1) is 5.92 Å². The molecule has 0 aliphatic carbocycles. The SMILES string of the molecule is NC(=O)C1CCN(CCOc2cccc(C(N)=S)c2)CC1. The maximum Gasteiger partial charge on any atom is 0.220 e. The molecule has 1 saturated heterocycles. The van der Waals surface area contributed by atoms with E-state index in [-0.39, 0.29) is 11.8 Å². The van der Waals surface area contributed by atoms with Gasteiger partial charge in [0, 0.05) is 18.0 Å². The van der Waals surface area contributed by atoms with Crippen LogP contribution in [0.5, 0.6) is 5.75 Å². The molecular weight excluding hydrogens is 286 g/mol. The van der Waals surface area contributed by atoms with E-state index in [1.54, 1.807) is 0 Å². The van der Waals surface area contributed by atoms with E-state index in [9.17, 15) is 4.79 Å². The highest BCUT2D eigenvalue weighted by Crippen LogP contribution is 2.17. The molecule has 6 heteroatoms. The Morgan fingerprint density at radius 1 is 1.33 bits per heavy atom. The van der Waals surface area contributed by atoms with Crippen LogP contribution in [0.25, 0.3) is 0 Å². The number of carbonyl (C=O) groups excluding carboxylic acids is 1. The number of carbonyl (C=O) groups is 1.